The minimum Gasteiger partial charge on any atom is -0.483 e. The molecule has 0 saturated heterocycles. The highest BCUT2D eigenvalue weighted by Gasteiger charge is 2.21. The molecule has 0 fully saturated rings. The summed E-state index contributed by atoms with van der Waals surface area (Å²) in [6.45, 7) is 3.95. The average molecular weight is 376 g/mol. The Morgan fingerprint density at radius 2 is 1.85 bits per heavy atom. The van der Waals surface area contributed by atoms with Gasteiger partial charge in [0.25, 0.3) is 0 Å². The van der Waals surface area contributed by atoms with Crippen LogP contribution in [0.15, 0.2) is 54.7 Å². The fourth-order valence-corrected chi connectivity index (χ4v) is 3.90. The zero-order valence-electron chi connectivity index (χ0n) is 14.8. The molecule has 5 aromatic rings. The van der Waals surface area contributed by atoms with Crippen molar-refractivity contribution in [3.63, 3.8) is 0 Å². The number of imidazole rings is 1. The van der Waals surface area contributed by atoms with Gasteiger partial charge in [-0.05, 0) is 38.1 Å². The molecule has 0 aliphatic heterocycles. The van der Waals surface area contributed by atoms with Crippen molar-refractivity contribution in [1.29, 1.82) is 0 Å². The van der Waals surface area contributed by atoms with Crippen LogP contribution in [-0.2, 0) is 0 Å². The molecule has 7 nitrogen and oxygen atoms in total. The number of hydrogen-bond donors (Lipinski definition) is 0. The van der Waals surface area contributed by atoms with Gasteiger partial charge in [-0.15, -0.1) is 10.2 Å². The first-order valence-corrected chi connectivity index (χ1v) is 9.40. The van der Waals surface area contributed by atoms with Crippen LogP contribution in [0.5, 0.6) is 5.75 Å². The molecular weight excluding hydrogens is 360 g/mol. The number of para-hydroxylation sites is 1. The summed E-state index contributed by atoms with van der Waals surface area (Å²) in [6, 6.07) is 15.6. The Balaban J connectivity index is 1.56. The lowest BCUT2D eigenvalue weighted by molar-refractivity contribution is 0.225. The van der Waals surface area contributed by atoms with E-state index < -0.39 is 0 Å². The first kappa shape index (κ1) is 16.0. The van der Waals surface area contributed by atoms with Crippen molar-refractivity contribution in [2.75, 3.05) is 0 Å². The predicted octanol–water partition coefficient (Wildman–Crippen LogP) is 3.95. The monoisotopic (exact) mass is 376 g/mol. The highest BCUT2D eigenvalue weighted by molar-refractivity contribution is 7.16. The molecule has 4 heterocycles. The molecule has 1 aromatic carbocycles. The second-order valence-electron chi connectivity index (χ2n) is 6.21. The van der Waals surface area contributed by atoms with Crippen molar-refractivity contribution in [2.45, 2.75) is 20.0 Å². The number of nitrogens with zero attached hydrogens (tertiary/aromatic N) is 6. The molecule has 134 valence electrons. The highest BCUT2D eigenvalue weighted by atomic mass is 32.1. The van der Waals surface area contributed by atoms with Crippen LogP contribution in [0.4, 0.5) is 0 Å². The quantitative estimate of drug-likeness (QED) is 0.475. The molecule has 0 unspecified atom stereocenters. The van der Waals surface area contributed by atoms with E-state index in [1.807, 2.05) is 73.0 Å². The van der Waals surface area contributed by atoms with Crippen molar-refractivity contribution in [2.24, 2.45) is 0 Å². The van der Waals surface area contributed by atoms with Crippen LogP contribution in [0, 0.1) is 6.92 Å². The second kappa shape index (κ2) is 6.17. The van der Waals surface area contributed by atoms with E-state index in [2.05, 4.69) is 15.2 Å². The SMILES string of the molecule is Cc1nc2ccccn2c1-c1nnc2sc([C@@H](C)Oc3ccccc3)nn12. The van der Waals surface area contributed by atoms with Crippen LogP contribution in [0.3, 0.4) is 0 Å². The van der Waals surface area contributed by atoms with Gasteiger partial charge in [-0.3, -0.25) is 4.40 Å². The van der Waals surface area contributed by atoms with Crippen LogP contribution >= 0.6 is 11.3 Å². The topological polar surface area (TPSA) is 69.6 Å². The van der Waals surface area contributed by atoms with Crippen LogP contribution in [0.2, 0.25) is 0 Å². The Morgan fingerprint density at radius 1 is 1.04 bits per heavy atom. The van der Waals surface area contributed by atoms with Crippen LogP contribution in [0.1, 0.15) is 23.7 Å². The minimum absolute atomic E-state index is 0.185. The standard InChI is InChI=1S/C19H16N6OS/c1-12-16(24-11-7-6-10-15(24)20-12)17-21-22-19-25(17)23-18(27-19)13(2)26-14-8-4-3-5-9-14/h3-11,13H,1-2H3/t13-/m1/s1. The number of pyridine rings is 1. The van der Waals surface area contributed by atoms with Crippen molar-refractivity contribution in [1.82, 2.24) is 29.2 Å². The van der Waals surface area contributed by atoms with Gasteiger partial charge < -0.3 is 4.74 Å². The van der Waals surface area contributed by atoms with E-state index in [1.54, 1.807) is 4.52 Å². The van der Waals surface area contributed by atoms with Gasteiger partial charge in [-0.1, -0.05) is 35.6 Å². The molecule has 1 atom stereocenters. The Kier molecular flexibility index (Phi) is 3.64. The molecule has 8 heteroatoms. The van der Waals surface area contributed by atoms with E-state index in [-0.39, 0.29) is 6.10 Å². The maximum Gasteiger partial charge on any atom is 0.235 e. The fraction of sp³-hybridized carbons (Fsp3) is 0.158. The first-order valence-electron chi connectivity index (χ1n) is 8.58. The van der Waals surface area contributed by atoms with Gasteiger partial charge >= 0.3 is 0 Å². The van der Waals surface area contributed by atoms with Gasteiger partial charge in [-0.25, -0.2) is 4.98 Å². The average Bonchev–Trinajstić information content (AvgIpc) is 3.34. The molecule has 0 radical (unpaired) electrons. The van der Waals surface area contributed by atoms with Crippen molar-refractivity contribution in [3.8, 4) is 17.3 Å². The smallest absolute Gasteiger partial charge is 0.235 e. The largest absolute Gasteiger partial charge is 0.483 e. The van der Waals surface area contributed by atoms with Crippen LogP contribution < -0.4 is 4.74 Å². The van der Waals surface area contributed by atoms with Crippen LogP contribution in [0.25, 0.3) is 22.1 Å². The lowest BCUT2D eigenvalue weighted by Crippen LogP contribution is -2.04. The van der Waals surface area contributed by atoms with E-state index in [0.717, 1.165) is 32.8 Å². The number of ether oxygens (including phenoxy) is 1. The molecule has 4 aromatic heterocycles. The molecule has 0 aliphatic rings. The molecule has 27 heavy (non-hydrogen) atoms. The molecule has 5 rings (SSSR count). The molecule has 0 aliphatic carbocycles. The maximum absolute atomic E-state index is 5.99. The Morgan fingerprint density at radius 3 is 2.70 bits per heavy atom. The summed E-state index contributed by atoms with van der Waals surface area (Å²) in [5.41, 5.74) is 2.66. The molecule has 0 amide bonds. The number of rotatable bonds is 4. The Hall–Kier alpha value is -3.26. The van der Waals surface area contributed by atoms with Crippen molar-refractivity contribution < 1.29 is 4.74 Å². The van der Waals surface area contributed by atoms with E-state index in [9.17, 15) is 0 Å². The summed E-state index contributed by atoms with van der Waals surface area (Å²) in [6.07, 6.45) is 1.79. The zero-order valence-corrected chi connectivity index (χ0v) is 15.6. The van der Waals surface area contributed by atoms with E-state index >= 15 is 0 Å². The van der Waals surface area contributed by atoms with Gasteiger partial charge in [0.2, 0.25) is 10.8 Å². The van der Waals surface area contributed by atoms with E-state index in [4.69, 9.17) is 9.84 Å². The first-order chi connectivity index (χ1) is 13.2. The number of aromatic nitrogens is 6. The van der Waals surface area contributed by atoms with E-state index in [1.165, 1.54) is 11.3 Å². The number of benzene rings is 1. The Bertz CT molecular complexity index is 1240. The number of fused-ring (bicyclic) bond motifs is 2. The molecule has 0 saturated carbocycles. The molecular formula is C19H16N6OS. The van der Waals surface area contributed by atoms with Gasteiger partial charge in [0.05, 0.1) is 5.69 Å². The summed E-state index contributed by atoms with van der Waals surface area (Å²) in [4.78, 5) is 5.34. The second-order valence-corrected chi connectivity index (χ2v) is 7.19. The third-order valence-electron chi connectivity index (χ3n) is 4.33. The van der Waals surface area contributed by atoms with E-state index in [0.29, 0.717) is 5.82 Å². The lowest BCUT2D eigenvalue weighted by Gasteiger charge is -2.11. The fourth-order valence-electron chi connectivity index (χ4n) is 3.08. The summed E-state index contributed by atoms with van der Waals surface area (Å²) >= 11 is 1.48. The molecule has 0 N–H and O–H groups in total. The Labute approximate surface area is 158 Å². The van der Waals surface area contributed by atoms with Gasteiger partial charge in [-0.2, -0.15) is 9.61 Å². The summed E-state index contributed by atoms with van der Waals surface area (Å²) in [5.74, 6) is 1.49. The van der Waals surface area contributed by atoms with Crippen molar-refractivity contribution in [3.05, 3.63) is 65.4 Å². The summed E-state index contributed by atoms with van der Waals surface area (Å²) in [5, 5.41) is 14.2. The number of hydrogen-bond acceptors (Lipinski definition) is 6. The van der Waals surface area contributed by atoms with Gasteiger partial charge in [0.1, 0.15) is 23.2 Å². The normalized spacial score (nSPS) is 12.7. The van der Waals surface area contributed by atoms with Crippen molar-refractivity contribution >= 4 is 21.9 Å². The third kappa shape index (κ3) is 2.65. The zero-order chi connectivity index (χ0) is 18.4. The maximum atomic E-state index is 5.99. The third-order valence-corrected chi connectivity index (χ3v) is 5.39. The summed E-state index contributed by atoms with van der Waals surface area (Å²) in [7, 11) is 0. The highest BCUT2D eigenvalue weighted by Crippen LogP contribution is 2.29. The number of aryl methyl sites for hydroxylation is 1. The van der Waals surface area contributed by atoms with Crippen LogP contribution in [-0.4, -0.2) is 29.2 Å². The predicted molar refractivity (Wildman–Crippen MR) is 103 cm³/mol. The summed E-state index contributed by atoms with van der Waals surface area (Å²) < 4.78 is 9.77. The molecule has 0 spiro atoms. The van der Waals surface area contributed by atoms with Gasteiger partial charge in [0.15, 0.2) is 5.01 Å². The van der Waals surface area contributed by atoms with Gasteiger partial charge in [0, 0.05) is 6.20 Å². The minimum atomic E-state index is -0.185. The molecule has 0 bridgehead atoms. The lowest BCUT2D eigenvalue weighted by atomic mass is 10.3.